The number of hydrogen-bond acceptors (Lipinski definition) is 2. The van der Waals surface area contributed by atoms with Gasteiger partial charge in [0.25, 0.3) is 5.91 Å². The molecule has 0 fully saturated rings. The van der Waals surface area contributed by atoms with Crippen molar-refractivity contribution in [3.05, 3.63) is 57.5 Å². The van der Waals surface area contributed by atoms with Crippen molar-refractivity contribution in [3.63, 3.8) is 0 Å². The number of aryl methyl sites for hydroxylation is 1. The molecule has 0 aliphatic heterocycles. The van der Waals surface area contributed by atoms with Crippen LogP contribution in [0.2, 0.25) is 0 Å². The fourth-order valence-corrected chi connectivity index (χ4v) is 2.39. The minimum atomic E-state index is -0.461. The third-order valence-corrected chi connectivity index (χ3v) is 3.43. The fourth-order valence-electron chi connectivity index (χ4n) is 1.73. The minimum absolute atomic E-state index is 0.123. The Morgan fingerprint density at radius 2 is 2.17 bits per heavy atom. The lowest BCUT2D eigenvalue weighted by atomic mass is 10.1. The Balaban J connectivity index is 2.15. The van der Waals surface area contributed by atoms with E-state index in [4.69, 9.17) is 0 Å². The Labute approximate surface area is 110 Å². The van der Waals surface area contributed by atoms with Gasteiger partial charge in [-0.15, -0.1) is 0 Å². The molecule has 1 aromatic heterocycles. The maximum Gasteiger partial charge on any atom is 0.256 e. The summed E-state index contributed by atoms with van der Waals surface area (Å²) >= 11 is 1.58. The number of carbonyl (C=O) groups is 1. The Kier molecular flexibility index (Phi) is 3.77. The monoisotopic (exact) mass is 263 g/mol. The first-order valence-corrected chi connectivity index (χ1v) is 6.55. The highest BCUT2D eigenvalue weighted by Crippen LogP contribution is 2.14. The summed E-state index contributed by atoms with van der Waals surface area (Å²) in [6, 6.07) is 6.62. The molecule has 0 aliphatic carbocycles. The minimum Gasteiger partial charge on any atom is -0.337 e. The van der Waals surface area contributed by atoms with Crippen molar-refractivity contribution in [2.24, 2.45) is 0 Å². The number of hydrogen-bond donors (Lipinski definition) is 0. The van der Waals surface area contributed by atoms with Crippen molar-refractivity contribution < 1.29 is 9.18 Å². The Hall–Kier alpha value is -1.68. The van der Waals surface area contributed by atoms with E-state index in [-0.39, 0.29) is 11.5 Å². The van der Waals surface area contributed by atoms with Crippen molar-refractivity contribution in [1.29, 1.82) is 0 Å². The summed E-state index contributed by atoms with van der Waals surface area (Å²) < 4.78 is 13.7. The molecule has 0 aliphatic rings. The molecular formula is C14H14FNOS. The molecule has 2 nitrogen and oxygen atoms in total. The summed E-state index contributed by atoms with van der Waals surface area (Å²) in [5.41, 5.74) is 1.99. The van der Waals surface area contributed by atoms with Gasteiger partial charge in [-0.1, -0.05) is 6.07 Å². The van der Waals surface area contributed by atoms with E-state index < -0.39 is 5.82 Å². The maximum atomic E-state index is 13.7. The summed E-state index contributed by atoms with van der Waals surface area (Å²) in [5, 5.41) is 3.94. The average Bonchev–Trinajstić information content (AvgIpc) is 2.81. The van der Waals surface area contributed by atoms with Gasteiger partial charge in [-0.3, -0.25) is 4.79 Å². The molecule has 18 heavy (non-hydrogen) atoms. The second-order valence-electron chi connectivity index (χ2n) is 4.28. The van der Waals surface area contributed by atoms with E-state index in [1.54, 1.807) is 31.4 Å². The molecule has 0 saturated heterocycles. The van der Waals surface area contributed by atoms with Crippen LogP contribution in [-0.2, 0) is 6.54 Å². The third kappa shape index (κ3) is 2.76. The smallest absolute Gasteiger partial charge is 0.256 e. The lowest BCUT2D eigenvalue weighted by molar-refractivity contribution is 0.0780. The molecule has 0 saturated carbocycles. The molecule has 4 heteroatoms. The lowest BCUT2D eigenvalue weighted by Crippen LogP contribution is -2.26. The van der Waals surface area contributed by atoms with Gasteiger partial charge in [0.05, 0.1) is 5.56 Å². The maximum absolute atomic E-state index is 13.7. The fraction of sp³-hybridized carbons (Fsp3) is 0.214. The molecule has 1 aromatic carbocycles. The van der Waals surface area contributed by atoms with Crippen LogP contribution in [0.1, 0.15) is 21.5 Å². The van der Waals surface area contributed by atoms with E-state index in [1.165, 1.54) is 17.0 Å². The molecule has 0 bridgehead atoms. The first-order valence-electron chi connectivity index (χ1n) is 5.60. The van der Waals surface area contributed by atoms with Gasteiger partial charge in [0.2, 0.25) is 0 Å². The first kappa shape index (κ1) is 12.8. The van der Waals surface area contributed by atoms with Crippen LogP contribution in [0.15, 0.2) is 35.0 Å². The Morgan fingerprint density at radius 3 is 2.78 bits per heavy atom. The quantitative estimate of drug-likeness (QED) is 0.830. The third-order valence-electron chi connectivity index (χ3n) is 2.70. The number of thiophene rings is 1. The van der Waals surface area contributed by atoms with Crippen LogP contribution in [0.4, 0.5) is 4.39 Å². The Morgan fingerprint density at radius 1 is 1.39 bits per heavy atom. The van der Waals surface area contributed by atoms with E-state index in [0.717, 1.165) is 11.1 Å². The van der Waals surface area contributed by atoms with Crippen molar-refractivity contribution >= 4 is 17.2 Å². The summed E-state index contributed by atoms with van der Waals surface area (Å²) in [5.74, 6) is -0.754. The van der Waals surface area contributed by atoms with Crippen LogP contribution < -0.4 is 0 Å². The first-order chi connectivity index (χ1) is 8.58. The number of rotatable bonds is 3. The highest BCUT2D eigenvalue weighted by molar-refractivity contribution is 7.07. The zero-order chi connectivity index (χ0) is 13.1. The standard InChI is InChI=1S/C14H14FNOS/c1-10-3-4-12(13(15)7-10)14(17)16(2)8-11-5-6-18-9-11/h3-7,9H,8H2,1-2H3. The zero-order valence-corrected chi connectivity index (χ0v) is 11.1. The van der Waals surface area contributed by atoms with Crippen molar-refractivity contribution in [3.8, 4) is 0 Å². The van der Waals surface area contributed by atoms with Crippen molar-refractivity contribution in [1.82, 2.24) is 4.90 Å². The zero-order valence-electron chi connectivity index (χ0n) is 10.3. The van der Waals surface area contributed by atoms with E-state index in [9.17, 15) is 9.18 Å². The summed E-state index contributed by atoms with van der Waals surface area (Å²) in [4.78, 5) is 13.6. The topological polar surface area (TPSA) is 20.3 Å². The van der Waals surface area contributed by atoms with Gasteiger partial charge in [0.1, 0.15) is 5.82 Å². The second-order valence-corrected chi connectivity index (χ2v) is 5.06. The predicted molar refractivity (Wildman–Crippen MR) is 71.3 cm³/mol. The van der Waals surface area contributed by atoms with Crippen LogP contribution in [0, 0.1) is 12.7 Å². The number of halogens is 1. The van der Waals surface area contributed by atoms with Gasteiger partial charge in [-0.25, -0.2) is 4.39 Å². The van der Waals surface area contributed by atoms with Crippen molar-refractivity contribution in [2.75, 3.05) is 7.05 Å². The van der Waals surface area contributed by atoms with E-state index >= 15 is 0 Å². The van der Waals surface area contributed by atoms with Gasteiger partial charge in [0, 0.05) is 13.6 Å². The van der Waals surface area contributed by atoms with Gasteiger partial charge in [-0.2, -0.15) is 11.3 Å². The molecular weight excluding hydrogens is 249 g/mol. The summed E-state index contributed by atoms with van der Waals surface area (Å²) in [6.45, 7) is 2.29. The normalized spacial score (nSPS) is 10.4. The van der Waals surface area contributed by atoms with E-state index in [0.29, 0.717) is 6.54 Å². The summed E-state index contributed by atoms with van der Waals surface area (Å²) in [6.07, 6.45) is 0. The number of carbonyl (C=O) groups excluding carboxylic acids is 1. The molecule has 1 amide bonds. The predicted octanol–water partition coefficient (Wildman–Crippen LogP) is 3.47. The molecule has 1 heterocycles. The number of nitrogens with zero attached hydrogens (tertiary/aromatic N) is 1. The van der Waals surface area contributed by atoms with Crippen molar-refractivity contribution in [2.45, 2.75) is 13.5 Å². The highest BCUT2D eigenvalue weighted by atomic mass is 32.1. The molecule has 0 N–H and O–H groups in total. The van der Waals surface area contributed by atoms with Crippen LogP contribution in [0.5, 0.6) is 0 Å². The second kappa shape index (κ2) is 5.31. The van der Waals surface area contributed by atoms with E-state index in [2.05, 4.69) is 0 Å². The number of benzene rings is 1. The molecule has 94 valence electrons. The van der Waals surface area contributed by atoms with Crippen LogP contribution in [-0.4, -0.2) is 17.9 Å². The average molecular weight is 263 g/mol. The molecule has 0 unspecified atom stereocenters. The Bertz CT molecular complexity index is 551. The van der Waals surface area contributed by atoms with Gasteiger partial charge >= 0.3 is 0 Å². The van der Waals surface area contributed by atoms with E-state index in [1.807, 2.05) is 16.8 Å². The molecule has 0 radical (unpaired) electrons. The van der Waals surface area contributed by atoms with Crippen LogP contribution in [0.3, 0.4) is 0 Å². The number of amides is 1. The molecule has 2 aromatic rings. The van der Waals surface area contributed by atoms with Gasteiger partial charge in [0.15, 0.2) is 0 Å². The highest BCUT2D eigenvalue weighted by Gasteiger charge is 2.16. The van der Waals surface area contributed by atoms with Crippen LogP contribution in [0.25, 0.3) is 0 Å². The molecule has 2 rings (SSSR count). The molecule has 0 spiro atoms. The largest absolute Gasteiger partial charge is 0.337 e. The molecule has 0 atom stereocenters. The van der Waals surface area contributed by atoms with Gasteiger partial charge in [-0.05, 0) is 47.0 Å². The van der Waals surface area contributed by atoms with Gasteiger partial charge < -0.3 is 4.90 Å². The summed E-state index contributed by atoms with van der Waals surface area (Å²) in [7, 11) is 1.68. The lowest BCUT2D eigenvalue weighted by Gasteiger charge is -2.17. The SMILES string of the molecule is Cc1ccc(C(=O)N(C)Cc2ccsc2)c(F)c1. The van der Waals surface area contributed by atoms with Crippen LogP contribution >= 0.6 is 11.3 Å².